The molecule has 0 unspecified atom stereocenters. The number of benzene rings is 1. The number of rotatable bonds is 1. The van der Waals surface area contributed by atoms with E-state index >= 15 is 0 Å². The van der Waals surface area contributed by atoms with Crippen LogP contribution in [0, 0.1) is 0 Å². The van der Waals surface area contributed by atoms with Crippen molar-refractivity contribution in [2.75, 3.05) is 5.73 Å². The van der Waals surface area contributed by atoms with E-state index in [0.717, 1.165) is 16.6 Å². The Balaban J connectivity index is 0.000000574. The summed E-state index contributed by atoms with van der Waals surface area (Å²) in [5, 5.41) is 8.08. The number of nitrogens with zero attached hydrogens (tertiary/aromatic N) is 2. The van der Waals surface area contributed by atoms with Gasteiger partial charge in [-0.1, -0.05) is 44.2 Å². The summed E-state index contributed by atoms with van der Waals surface area (Å²) in [5.41, 5.74) is 9.09. The van der Waals surface area contributed by atoms with Gasteiger partial charge in [0.05, 0.1) is 17.6 Å². The normalized spacial score (nSPS) is 9.89. The Kier molecular flexibility index (Phi) is 3.57. The number of nitrogen functional groups attached to an aromatic ring is 1. The van der Waals surface area contributed by atoms with Crippen molar-refractivity contribution in [3.63, 3.8) is 0 Å². The summed E-state index contributed by atoms with van der Waals surface area (Å²) in [7, 11) is 0. The molecule has 0 bridgehead atoms. The van der Waals surface area contributed by atoms with Crippen molar-refractivity contribution in [3.05, 3.63) is 42.6 Å². The fourth-order valence-corrected chi connectivity index (χ4v) is 1.74. The van der Waals surface area contributed by atoms with Gasteiger partial charge in [0.2, 0.25) is 0 Å². The maximum atomic E-state index is 5.73. The molecule has 0 saturated carbocycles. The number of H-pyrrole nitrogens is 1. The van der Waals surface area contributed by atoms with Crippen LogP contribution in [0.1, 0.15) is 13.8 Å². The number of pyridine rings is 1. The number of aromatic nitrogens is 3. The molecule has 2 aromatic heterocycles. The summed E-state index contributed by atoms with van der Waals surface area (Å²) < 4.78 is 0. The summed E-state index contributed by atoms with van der Waals surface area (Å²) >= 11 is 0. The number of hydrogen-bond donors (Lipinski definition) is 2. The zero-order valence-electron chi connectivity index (χ0n) is 10.5. The Morgan fingerprint density at radius 2 is 1.83 bits per heavy atom. The van der Waals surface area contributed by atoms with Gasteiger partial charge in [-0.3, -0.25) is 5.10 Å². The van der Waals surface area contributed by atoms with Gasteiger partial charge in [-0.25, -0.2) is 4.98 Å². The van der Waals surface area contributed by atoms with Crippen molar-refractivity contribution in [1.82, 2.24) is 15.2 Å². The number of anilines is 1. The van der Waals surface area contributed by atoms with E-state index in [2.05, 4.69) is 15.2 Å². The number of fused-ring (bicyclic) bond motifs is 1. The third kappa shape index (κ3) is 2.18. The smallest absolute Gasteiger partial charge is 0.181 e. The minimum atomic E-state index is 0.645. The van der Waals surface area contributed by atoms with Crippen molar-refractivity contribution in [2.45, 2.75) is 13.8 Å². The predicted molar refractivity (Wildman–Crippen MR) is 75.1 cm³/mol. The minimum Gasteiger partial charge on any atom is -0.397 e. The van der Waals surface area contributed by atoms with Crippen LogP contribution in [0.5, 0.6) is 0 Å². The van der Waals surface area contributed by atoms with E-state index in [0.29, 0.717) is 11.3 Å². The Bertz CT molecular complexity index is 629. The van der Waals surface area contributed by atoms with Crippen molar-refractivity contribution >= 4 is 16.7 Å². The molecule has 4 nitrogen and oxygen atoms in total. The molecule has 3 rings (SSSR count). The van der Waals surface area contributed by atoms with Gasteiger partial charge < -0.3 is 5.73 Å². The summed E-state index contributed by atoms with van der Waals surface area (Å²) in [6.07, 6.45) is 1.61. The van der Waals surface area contributed by atoms with Gasteiger partial charge in [-0.15, -0.1) is 0 Å². The van der Waals surface area contributed by atoms with E-state index in [-0.39, 0.29) is 0 Å². The van der Waals surface area contributed by atoms with E-state index in [9.17, 15) is 0 Å². The third-order valence-corrected chi connectivity index (χ3v) is 2.49. The summed E-state index contributed by atoms with van der Waals surface area (Å²) in [6.45, 7) is 4.00. The molecule has 3 N–H and O–H groups in total. The molecule has 0 aliphatic carbocycles. The van der Waals surface area contributed by atoms with Gasteiger partial charge in [0.15, 0.2) is 5.65 Å². The molecule has 18 heavy (non-hydrogen) atoms. The van der Waals surface area contributed by atoms with Gasteiger partial charge in [-0.05, 0) is 6.07 Å². The fraction of sp³-hybridized carbons (Fsp3) is 0.143. The highest BCUT2D eigenvalue weighted by Crippen LogP contribution is 2.25. The van der Waals surface area contributed by atoms with Gasteiger partial charge in [0, 0.05) is 10.9 Å². The Labute approximate surface area is 106 Å². The van der Waals surface area contributed by atoms with Crippen LogP contribution in [0.15, 0.2) is 42.6 Å². The number of nitrogens with two attached hydrogens (primary N) is 1. The Morgan fingerprint density at radius 1 is 1.11 bits per heavy atom. The van der Waals surface area contributed by atoms with Crippen LogP contribution in [-0.4, -0.2) is 15.2 Å². The molecule has 0 amide bonds. The molecule has 0 spiro atoms. The second-order valence-corrected chi connectivity index (χ2v) is 3.60. The molecule has 1 aromatic carbocycles. The van der Waals surface area contributed by atoms with E-state index in [1.165, 1.54) is 0 Å². The zero-order chi connectivity index (χ0) is 13.0. The molecule has 92 valence electrons. The lowest BCUT2D eigenvalue weighted by atomic mass is 10.1. The number of hydrogen-bond acceptors (Lipinski definition) is 3. The minimum absolute atomic E-state index is 0.645. The van der Waals surface area contributed by atoms with E-state index in [1.807, 2.05) is 50.2 Å². The number of nitrogens with one attached hydrogen (secondary N) is 1. The summed E-state index contributed by atoms with van der Waals surface area (Å²) in [5.74, 6) is 0. The van der Waals surface area contributed by atoms with Crippen LogP contribution in [0.25, 0.3) is 22.3 Å². The molecule has 0 radical (unpaired) electrons. The third-order valence-electron chi connectivity index (χ3n) is 2.49. The molecule has 0 atom stereocenters. The van der Waals surface area contributed by atoms with Crippen molar-refractivity contribution < 1.29 is 0 Å². The molecule has 0 aliphatic heterocycles. The van der Waals surface area contributed by atoms with E-state index in [4.69, 9.17) is 5.73 Å². The maximum absolute atomic E-state index is 5.73. The average Bonchev–Trinajstić information content (AvgIpc) is 2.85. The van der Waals surface area contributed by atoms with Gasteiger partial charge in [-0.2, -0.15) is 5.10 Å². The van der Waals surface area contributed by atoms with Gasteiger partial charge in [0.1, 0.15) is 0 Å². The van der Waals surface area contributed by atoms with Crippen LogP contribution in [0.4, 0.5) is 5.69 Å². The molecular formula is C14H16N4. The van der Waals surface area contributed by atoms with E-state index in [1.54, 1.807) is 6.20 Å². The van der Waals surface area contributed by atoms with Gasteiger partial charge in [0.25, 0.3) is 0 Å². The molecule has 3 aromatic rings. The number of aromatic amines is 1. The quantitative estimate of drug-likeness (QED) is 0.686. The lowest BCUT2D eigenvalue weighted by molar-refractivity contribution is 1.10. The van der Waals surface area contributed by atoms with Crippen LogP contribution < -0.4 is 5.73 Å². The van der Waals surface area contributed by atoms with Crippen LogP contribution >= 0.6 is 0 Å². The highest BCUT2D eigenvalue weighted by atomic mass is 15.1. The molecule has 0 aliphatic rings. The van der Waals surface area contributed by atoms with E-state index < -0.39 is 0 Å². The Hall–Kier alpha value is -2.36. The standard InChI is InChI=1S/C12H10N4.C2H6/c13-9-6-10-11(8-4-2-1-3-5-8)15-16-12(10)14-7-9;1-2/h1-7H,13H2,(H,14,15,16);1-2H3. The molecular weight excluding hydrogens is 224 g/mol. The lowest BCUT2D eigenvalue weighted by Crippen LogP contribution is -1.86. The first-order valence-electron chi connectivity index (χ1n) is 5.99. The molecule has 4 heteroatoms. The fourth-order valence-electron chi connectivity index (χ4n) is 1.74. The second-order valence-electron chi connectivity index (χ2n) is 3.60. The van der Waals surface area contributed by atoms with Gasteiger partial charge >= 0.3 is 0 Å². The molecule has 2 heterocycles. The van der Waals surface area contributed by atoms with Crippen LogP contribution in [-0.2, 0) is 0 Å². The first kappa shape index (κ1) is 12.1. The summed E-state index contributed by atoms with van der Waals surface area (Å²) in [6, 6.07) is 11.9. The molecule has 0 saturated heterocycles. The zero-order valence-corrected chi connectivity index (χ0v) is 10.5. The topological polar surface area (TPSA) is 67.6 Å². The SMILES string of the molecule is CC.Nc1cnc2n[nH]c(-c3ccccc3)c2c1. The van der Waals surface area contributed by atoms with Crippen LogP contribution in [0.3, 0.4) is 0 Å². The monoisotopic (exact) mass is 240 g/mol. The second kappa shape index (κ2) is 5.31. The lowest BCUT2D eigenvalue weighted by Gasteiger charge is -1.98. The first-order valence-corrected chi connectivity index (χ1v) is 5.99. The average molecular weight is 240 g/mol. The Morgan fingerprint density at radius 3 is 2.56 bits per heavy atom. The van der Waals surface area contributed by atoms with Crippen LogP contribution in [0.2, 0.25) is 0 Å². The van der Waals surface area contributed by atoms with Crippen molar-refractivity contribution in [3.8, 4) is 11.3 Å². The molecule has 0 fully saturated rings. The summed E-state index contributed by atoms with van der Waals surface area (Å²) in [4.78, 5) is 4.16. The van der Waals surface area contributed by atoms with Crippen molar-refractivity contribution in [1.29, 1.82) is 0 Å². The highest BCUT2D eigenvalue weighted by molar-refractivity contribution is 5.92. The first-order chi connectivity index (χ1) is 8.84. The van der Waals surface area contributed by atoms with Crippen molar-refractivity contribution in [2.24, 2.45) is 0 Å². The predicted octanol–water partition coefficient (Wildman–Crippen LogP) is 3.23. The largest absolute Gasteiger partial charge is 0.397 e. The maximum Gasteiger partial charge on any atom is 0.181 e. The highest BCUT2D eigenvalue weighted by Gasteiger charge is 2.07.